The van der Waals surface area contributed by atoms with Crippen LogP contribution in [-0.4, -0.2) is 43.1 Å². The van der Waals surface area contributed by atoms with Gasteiger partial charge in [0.15, 0.2) is 0 Å². The van der Waals surface area contributed by atoms with Crippen LogP contribution in [0.4, 0.5) is 0 Å². The van der Waals surface area contributed by atoms with Gasteiger partial charge in [-0.15, -0.1) is 0 Å². The summed E-state index contributed by atoms with van der Waals surface area (Å²) in [5, 5.41) is 7.48. The molecule has 1 amide bonds. The minimum atomic E-state index is -0.147. The van der Waals surface area contributed by atoms with Gasteiger partial charge in [0.05, 0.1) is 13.2 Å². The van der Waals surface area contributed by atoms with Crippen molar-refractivity contribution >= 4 is 17.5 Å². The molecule has 162 valence electrons. The van der Waals surface area contributed by atoms with Crippen molar-refractivity contribution in [1.82, 2.24) is 15.5 Å². The van der Waals surface area contributed by atoms with E-state index in [1.54, 1.807) is 7.11 Å². The maximum absolute atomic E-state index is 12.9. The lowest BCUT2D eigenvalue weighted by Gasteiger charge is -2.24. The third-order valence-corrected chi connectivity index (χ3v) is 5.99. The van der Waals surface area contributed by atoms with Crippen molar-refractivity contribution in [2.45, 2.75) is 51.4 Å². The molecule has 2 atom stereocenters. The van der Waals surface area contributed by atoms with Gasteiger partial charge in [-0.05, 0) is 42.2 Å². The van der Waals surface area contributed by atoms with Crippen LogP contribution in [0, 0.1) is 0 Å². The van der Waals surface area contributed by atoms with Crippen LogP contribution in [-0.2, 0) is 17.9 Å². The molecular weight excluding hydrogens is 398 g/mol. The van der Waals surface area contributed by atoms with Crippen LogP contribution in [0.5, 0.6) is 5.75 Å². The third kappa shape index (κ3) is 6.21. The molecule has 2 N–H and O–H groups in total. The summed E-state index contributed by atoms with van der Waals surface area (Å²) < 4.78 is 5.23. The largest absolute Gasteiger partial charge is 0.497 e. The van der Waals surface area contributed by atoms with Crippen molar-refractivity contribution in [1.29, 1.82) is 0 Å². The minimum absolute atomic E-state index is 0.115. The standard InChI is InChI=1S/C24H32ClN3O2/c1-3-4-13-26-24(29)23-14-20(27-15-18-9-11-21(30-2)12-10-18)17-28(23)16-19-7-5-6-8-22(19)25/h5-12,20,23,27H,3-4,13-17H2,1-2H3,(H,26,29)/t20-,23-/m0/s1. The predicted molar refractivity (Wildman–Crippen MR) is 122 cm³/mol. The normalized spacial score (nSPS) is 19.0. The second-order valence-electron chi connectivity index (χ2n) is 7.84. The highest BCUT2D eigenvalue weighted by molar-refractivity contribution is 6.31. The van der Waals surface area contributed by atoms with Gasteiger partial charge in [-0.2, -0.15) is 0 Å². The zero-order chi connectivity index (χ0) is 21.3. The molecule has 1 aliphatic heterocycles. The van der Waals surface area contributed by atoms with Crippen molar-refractivity contribution in [2.24, 2.45) is 0 Å². The molecule has 0 unspecified atom stereocenters. The SMILES string of the molecule is CCCCNC(=O)[C@@H]1C[C@H](NCc2ccc(OC)cc2)CN1Cc1ccccc1Cl. The van der Waals surface area contributed by atoms with E-state index in [1.165, 1.54) is 5.56 Å². The van der Waals surface area contributed by atoms with E-state index >= 15 is 0 Å². The Bertz CT molecular complexity index is 812. The number of amides is 1. The van der Waals surface area contributed by atoms with Gasteiger partial charge in [0.25, 0.3) is 0 Å². The van der Waals surface area contributed by atoms with Crippen molar-refractivity contribution in [2.75, 3.05) is 20.2 Å². The molecule has 0 spiro atoms. The fourth-order valence-electron chi connectivity index (χ4n) is 3.86. The van der Waals surface area contributed by atoms with Gasteiger partial charge in [-0.25, -0.2) is 0 Å². The van der Waals surface area contributed by atoms with Gasteiger partial charge >= 0.3 is 0 Å². The molecular formula is C24H32ClN3O2. The molecule has 3 rings (SSSR count). The van der Waals surface area contributed by atoms with Crippen LogP contribution in [0.25, 0.3) is 0 Å². The van der Waals surface area contributed by atoms with E-state index < -0.39 is 0 Å². The van der Waals surface area contributed by atoms with Crippen molar-refractivity contribution in [3.8, 4) is 5.75 Å². The van der Waals surface area contributed by atoms with Gasteiger partial charge < -0.3 is 15.4 Å². The summed E-state index contributed by atoms with van der Waals surface area (Å²) in [4.78, 5) is 15.1. The summed E-state index contributed by atoms with van der Waals surface area (Å²) in [7, 11) is 1.67. The number of likely N-dealkylation sites (tertiary alicyclic amines) is 1. The highest BCUT2D eigenvalue weighted by atomic mass is 35.5. The first-order valence-corrected chi connectivity index (χ1v) is 11.1. The topological polar surface area (TPSA) is 53.6 Å². The molecule has 0 saturated carbocycles. The number of rotatable bonds is 10. The fraction of sp³-hybridized carbons (Fsp3) is 0.458. The lowest BCUT2D eigenvalue weighted by Crippen LogP contribution is -2.43. The number of ether oxygens (including phenoxy) is 1. The van der Waals surface area contributed by atoms with Gasteiger partial charge in [0.2, 0.25) is 5.91 Å². The van der Waals surface area contributed by atoms with Crippen molar-refractivity contribution in [3.63, 3.8) is 0 Å². The molecule has 1 heterocycles. The van der Waals surface area contributed by atoms with Crippen LogP contribution in [0.3, 0.4) is 0 Å². The Hall–Kier alpha value is -2.08. The van der Waals surface area contributed by atoms with E-state index in [2.05, 4.69) is 34.6 Å². The first-order chi connectivity index (χ1) is 14.6. The number of unbranched alkanes of at least 4 members (excludes halogenated alkanes) is 1. The highest BCUT2D eigenvalue weighted by Gasteiger charge is 2.36. The Morgan fingerprint density at radius 3 is 2.67 bits per heavy atom. The van der Waals surface area contributed by atoms with Crippen LogP contribution in [0.1, 0.15) is 37.3 Å². The Kier molecular flexibility index (Phi) is 8.55. The van der Waals surface area contributed by atoms with E-state index in [0.717, 1.165) is 55.2 Å². The maximum Gasteiger partial charge on any atom is 0.237 e. The summed E-state index contributed by atoms with van der Waals surface area (Å²) in [6, 6.07) is 16.0. The molecule has 2 aromatic carbocycles. The monoisotopic (exact) mass is 429 g/mol. The second kappa shape index (κ2) is 11.3. The second-order valence-corrected chi connectivity index (χ2v) is 8.25. The number of hydrogen-bond acceptors (Lipinski definition) is 4. The number of benzene rings is 2. The van der Waals surface area contributed by atoms with E-state index in [0.29, 0.717) is 6.54 Å². The van der Waals surface area contributed by atoms with Gasteiger partial charge in [-0.1, -0.05) is 55.3 Å². The fourth-order valence-corrected chi connectivity index (χ4v) is 4.05. The zero-order valence-corrected chi connectivity index (χ0v) is 18.6. The average molecular weight is 430 g/mol. The summed E-state index contributed by atoms with van der Waals surface area (Å²) in [5.74, 6) is 0.971. The number of hydrogen-bond donors (Lipinski definition) is 2. The summed E-state index contributed by atoms with van der Waals surface area (Å²) >= 11 is 6.38. The number of halogens is 1. The molecule has 6 heteroatoms. The first-order valence-electron chi connectivity index (χ1n) is 10.7. The number of nitrogens with zero attached hydrogens (tertiary/aromatic N) is 1. The van der Waals surface area contributed by atoms with E-state index in [-0.39, 0.29) is 18.0 Å². The Morgan fingerprint density at radius 1 is 1.20 bits per heavy atom. The molecule has 0 bridgehead atoms. The molecule has 1 saturated heterocycles. The van der Waals surface area contributed by atoms with Gasteiger partial charge in [0.1, 0.15) is 5.75 Å². The quantitative estimate of drug-likeness (QED) is 0.560. The Morgan fingerprint density at radius 2 is 1.97 bits per heavy atom. The lowest BCUT2D eigenvalue weighted by molar-refractivity contribution is -0.125. The van der Waals surface area contributed by atoms with E-state index in [1.807, 2.05) is 36.4 Å². The number of methoxy groups -OCH3 is 1. The number of carbonyl (C=O) groups is 1. The van der Waals surface area contributed by atoms with Gasteiger partial charge in [0, 0.05) is 37.2 Å². The molecule has 5 nitrogen and oxygen atoms in total. The molecule has 30 heavy (non-hydrogen) atoms. The van der Waals surface area contributed by atoms with Crippen LogP contribution in [0.2, 0.25) is 5.02 Å². The minimum Gasteiger partial charge on any atom is -0.497 e. The predicted octanol–water partition coefficient (Wildman–Crippen LogP) is 4.00. The molecule has 2 aromatic rings. The smallest absolute Gasteiger partial charge is 0.237 e. The molecule has 0 aromatic heterocycles. The highest BCUT2D eigenvalue weighted by Crippen LogP contribution is 2.25. The summed E-state index contributed by atoms with van der Waals surface area (Å²) in [5.41, 5.74) is 2.26. The first kappa shape index (κ1) is 22.6. The Labute approximate surface area is 184 Å². The Balaban J connectivity index is 1.63. The summed E-state index contributed by atoms with van der Waals surface area (Å²) in [6.07, 6.45) is 2.86. The number of carbonyl (C=O) groups excluding carboxylic acids is 1. The number of nitrogens with one attached hydrogen (secondary N) is 2. The molecule has 1 aliphatic rings. The lowest BCUT2D eigenvalue weighted by atomic mass is 10.1. The van der Waals surface area contributed by atoms with E-state index in [9.17, 15) is 4.79 Å². The van der Waals surface area contributed by atoms with Crippen LogP contribution in [0.15, 0.2) is 48.5 Å². The van der Waals surface area contributed by atoms with Crippen LogP contribution < -0.4 is 15.4 Å². The van der Waals surface area contributed by atoms with Gasteiger partial charge in [-0.3, -0.25) is 9.69 Å². The molecule has 0 radical (unpaired) electrons. The maximum atomic E-state index is 12.9. The zero-order valence-electron chi connectivity index (χ0n) is 17.9. The molecule has 0 aliphatic carbocycles. The third-order valence-electron chi connectivity index (χ3n) is 5.62. The van der Waals surface area contributed by atoms with Crippen molar-refractivity contribution < 1.29 is 9.53 Å². The van der Waals surface area contributed by atoms with E-state index in [4.69, 9.17) is 16.3 Å². The summed E-state index contributed by atoms with van der Waals surface area (Å²) in [6.45, 7) is 5.11. The molecule has 1 fully saturated rings. The van der Waals surface area contributed by atoms with Crippen LogP contribution >= 0.6 is 11.6 Å². The van der Waals surface area contributed by atoms with Crippen molar-refractivity contribution in [3.05, 3.63) is 64.7 Å². The average Bonchev–Trinajstić information content (AvgIpc) is 3.17.